The zero-order chi connectivity index (χ0) is 8.43. The smallest absolute Gasteiger partial charge is 0.248 e. The molecule has 1 aromatic rings. The number of aryl methyl sites for hydroxylation is 1. The van der Waals surface area contributed by atoms with Crippen molar-refractivity contribution in [1.82, 2.24) is 4.98 Å². The Morgan fingerprint density at radius 2 is 2.27 bits per heavy atom. The minimum Gasteiger partial charge on any atom is -0.329 e. The predicted molar refractivity (Wildman–Crippen MR) is 44.4 cm³/mol. The molecule has 0 aliphatic rings. The highest BCUT2D eigenvalue weighted by Gasteiger charge is 2.02. The van der Waals surface area contributed by atoms with Gasteiger partial charge >= 0.3 is 0 Å². The molecule has 0 bridgehead atoms. The van der Waals surface area contributed by atoms with Crippen LogP contribution in [0.1, 0.15) is 24.1 Å². The summed E-state index contributed by atoms with van der Waals surface area (Å²) in [5, 5.41) is 0. The molecule has 0 unspecified atom stereocenters. The molecule has 3 heteroatoms. The van der Waals surface area contributed by atoms with Gasteiger partial charge in [0.05, 0.1) is 0 Å². The first-order valence-electron chi connectivity index (χ1n) is 3.56. The van der Waals surface area contributed by atoms with E-state index in [2.05, 4.69) is 4.98 Å². The lowest BCUT2D eigenvalue weighted by Gasteiger charge is -2.07. The Morgan fingerprint density at radius 1 is 1.64 bits per heavy atom. The van der Waals surface area contributed by atoms with Crippen LogP contribution >= 0.6 is 0 Å². The van der Waals surface area contributed by atoms with Crippen LogP contribution in [0.25, 0.3) is 0 Å². The molecule has 1 atom stereocenters. The highest BCUT2D eigenvalue weighted by atomic mass is 16.1. The molecular weight excluding hydrogens is 140 g/mol. The van der Waals surface area contributed by atoms with Gasteiger partial charge in [0.15, 0.2) is 0 Å². The molecule has 11 heavy (non-hydrogen) atoms. The lowest BCUT2D eigenvalue weighted by molar-refractivity contribution is 0.801. The molecule has 1 heterocycles. The number of nitrogens with one attached hydrogen (secondary N) is 1. The maximum atomic E-state index is 10.8. The van der Waals surface area contributed by atoms with Gasteiger partial charge in [-0.15, -0.1) is 0 Å². The van der Waals surface area contributed by atoms with Crippen molar-refractivity contribution in [3.05, 3.63) is 33.7 Å². The lowest BCUT2D eigenvalue weighted by atomic mass is 10.1. The average molecular weight is 152 g/mol. The second-order valence-corrected chi connectivity index (χ2v) is 2.72. The van der Waals surface area contributed by atoms with E-state index in [-0.39, 0.29) is 11.6 Å². The summed E-state index contributed by atoms with van der Waals surface area (Å²) in [4.78, 5) is 13.4. The van der Waals surface area contributed by atoms with Gasteiger partial charge in [0.25, 0.3) is 0 Å². The largest absolute Gasteiger partial charge is 0.329 e. The number of aromatic nitrogens is 1. The zero-order valence-corrected chi connectivity index (χ0v) is 6.72. The van der Waals surface area contributed by atoms with E-state index in [4.69, 9.17) is 5.73 Å². The van der Waals surface area contributed by atoms with Crippen LogP contribution in [-0.2, 0) is 0 Å². The molecule has 0 fully saturated rings. The SMILES string of the molecule is Cc1cc(=O)[nH]cc1[C@@H](C)N. The first kappa shape index (κ1) is 8.01. The van der Waals surface area contributed by atoms with Gasteiger partial charge in [-0.1, -0.05) is 0 Å². The molecule has 0 saturated carbocycles. The topological polar surface area (TPSA) is 58.9 Å². The number of nitrogens with two attached hydrogens (primary N) is 1. The van der Waals surface area contributed by atoms with Gasteiger partial charge in [-0.2, -0.15) is 0 Å². The molecule has 0 amide bonds. The summed E-state index contributed by atoms with van der Waals surface area (Å²) >= 11 is 0. The second-order valence-electron chi connectivity index (χ2n) is 2.72. The zero-order valence-electron chi connectivity index (χ0n) is 6.72. The Morgan fingerprint density at radius 3 is 2.73 bits per heavy atom. The average Bonchev–Trinajstić information content (AvgIpc) is 1.85. The Bertz CT molecular complexity index is 301. The van der Waals surface area contributed by atoms with Gasteiger partial charge in [0.2, 0.25) is 5.56 Å². The van der Waals surface area contributed by atoms with Gasteiger partial charge in [-0.3, -0.25) is 4.79 Å². The van der Waals surface area contributed by atoms with Crippen molar-refractivity contribution in [3.8, 4) is 0 Å². The summed E-state index contributed by atoms with van der Waals surface area (Å²) in [6.45, 7) is 3.77. The van der Waals surface area contributed by atoms with E-state index in [1.807, 2.05) is 13.8 Å². The van der Waals surface area contributed by atoms with E-state index in [0.29, 0.717) is 0 Å². The van der Waals surface area contributed by atoms with Crippen molar-refractivity contribution >= 4 is 0 Å². The Hall–Kier alpha value is -1.09. The standard InChI is InChI=1S/C8H12N2O/c1-5-3-8(11)10-4-7(5)6(2)9/h3-4,6H,9H2,1-2H3,(H,10,11)/t6-/m1/s1. The van der Waals surface area contributed by atoms with Gasteiger partial charge in [0.1, 0.15) is 0 Å². The fourth-order valence-corrected chi connectivity index (χ4v) is 1.07. The highest BCUT2D eigenvalue weighted by molar-refractivity contribution is 5.23. The van der Waals surface area contributed by atoms with E-state index in [1.165, 1.54) is 0 Å². The predicted octanol–water partition coefficient (Wildman–Crippen LogP) is 0.703. The summed E-state index contributed by atoms with van der Waals surface area (Å²) in [6, 6.07) is 1.53. The van der Waals surface area contributed by atoms with E-state index in [0.717, 1.165) is 11.1 Å². The van der Waals surface area contributed by atoms with Crippen LogP contribution in [0.4, 0.5) is 0 Å². The van der Waals surface area contributed by atoms with Gasteiger partial charge in [-0.25, -0.2) is 0 Å². The van der Waals surface area contributed by atoms with Crippen LogP contribution in [0.2, 0.25) is 0 Å². The normalized spacial score (nSPS) is 13.0. The summed E-state index contributed by atoms with van der Waals surface area (Å²) in [5.74, 6) is 0. The lowest BCUT2D eigenvalue weighted by Crippen LogP contribution is -2.12. The van der Waals surface area contributed by atoms with E-state index >= 15 is 0 Å². The van der Waals surface area contributed by atoms with Crippen LogP contribution < -0.4 is 11.3 Å². The molecule has 1 rings (SSSR count). The minimum atomic E-state index is -0.0769. The number of H-pyrrole nitrogens is 1. The van der Waals surface area contributed by atoms with Gasteiger partial charge in [0, 0.05) is 18.3 Å². The first-order valence-corrected chi connectivity index (χ1v) is 3.56. The van der Waals surface area contributed by atoms with Gasteiger partial charge in [-0.05, 0) is 25.0 Å². The van der Waals surface area contributed by atoms with E-state index in [9.17, 15) is 4.79 Å². The fraction of sp³-hybridized carbons (Fsp3) is 0.375. The van der Waals surface area contributed by atoms with Crippen LogP contribution in [0, 0.1) is 6.92 Å². The van der Waals surface area contributed by atoms with Crippen molar-refractivity contribution < 1.29 is 0 Å². The fourth-order valence-electron chi connectivity index (χ4n) is 1.07. The van der Waals surface area contributed by atoms with Crippen molar-refractivity contribution in [3.63, 3.8) is 0 Å². The number of hydrogen-bond donors (Lipinski definition) is 2. The number of pyridine rings is 1. The van der Waals surface area contributed by atoms with E-state index < -0.39 is 0 Å². The molecule has 3 N–H and O–H groups in total. The monoisotopic (exact) mass is 152 g/mol. The maximum absolute atomic E-state index is 10.8. The molecule has 0 spiro atoms. The van der Waals surface area contributed by atoms with Crippen LogP contribution in [-0.4, -0.2) is 4.98 Å². The van der Waals surface area contributed by atoms with Crippen molar-refractivity contribution in [2.24, 2.45) is 5.73 Å². The molecule has 0 aliphatic heterocycles. The molecule has 1 aromatic heterocycles. The number of rotatable bonds is 1. The van der Waals surface area contributed by atoms with Crippen molar-refractivity contribution in [2.45, 2.75) is 19.9 Å². The summed E-state index contributed by atoms with van der Waals surface area (Å²) in [5.41, 5.74) is 7.50. The molecule has 3 nitrogen and oxygen atoms in total. The van der Waals surface area contributed by atoms with Crippen LogP contribution in [0.15, 0.2) is 17.1 Å². The minimum absolute atomic E-state index is 0.0214. The molecule has 60 valence electrons. The van der Waals surface area contributed by atoms with E-state index in [1.54, 1.807) is 12.3 Å². The Labute approximate surface area is 65.2 Å². The summed E-state index contributed by atoms with van der Waals surface area (Å²) in [6.07, 6.45) is 1.67. The molecular formula is C8H12N2O. The third-order valence-corrected chi connectivity index (χ3v) is 1.66. The molecule has 0 aliphatic carbocycles. The Balaban J connectivity index is 3.20. The third-order valence-electron chi connectivity index (χ3n) is 1.66. The maximum Gasteiger partial charge on any atom is 0.248 e. The quantitative estimate of drug-likeness (QED) is 0.622. The second kappa shape index (κ2) is 2.88. The first-order chi connectivity index (χ1) is 5.11. The Kier molecular flexibility index (Phi) is 2.10. The third kappa shape index (κ3) is 1.68. The summed E-state index contributed by atoms with van der Waals surface area (Å²) in [7, 11) is 0. The number of aromatic amines is 1. The molecule has 0 saturated heterocycles. The van der Waals surface area contributed by atoms with Crippen molar-refractivity contribution in [1.29, 1.82) is 0 Å². The van der Waals surface area contributed by atoms with Crippen molar-refractivity contribution in [2.75, 3.05) is 0 Å². The van der Waals surface area contributed by atoms with Crippen LogP contribution in [0.3, 0.4) is 0 Å². The highest BCUT2D eigenvalue weighted by Crippen LogP contribution is 2.10. The molecule has 0 aromatic carbocycles. The molecule has 0 radical (unpaired) electrons. The number of hydrogen-bond acceptors (Lipinski definition) is 2. The summed E-state index contributed by atoms with van der Waals surface area (Å²) < 4.78 is 0. The van der Waals surface area contributed by atoms with Gasteiger partial charge < -0.3 is 10.7 Å². The van der Waals surface area contributed by atoms with Crippen LogP contribution in [0.5, 0.6) is 0 Å².